The monoisotopic (exact) mass is 451 g/mol. The Kier molecular flexibility index (Phi) is 7.40. The molecule has 4 rings (SSSR count). The molecule has 2 aromatic carbocycles. The quantitative estimate of drug-likeness (QED) is 0.484. The van der Waals surface area contributed by atoms with Gasteiger partial charge >= 0.3 is 5.97 Å². The summed E-state index contributed by atoms with van der Waals surface area (Å²) in [6.07, 6.45) is 3.63. The summed E-state index contributed by atoms with van der Waals surface area (Å²) in [7, 11) is 0. The van der Waals surface area contributed by atoms with E-state index >= 15 is 0 Å². The molecule has 1 amide bonds. The molecular formula is C26H30FN3O3. The van der Waals surface area contributed by atoms with E-state index in [-0.39, 0.29) is 23.9 Å². The molecule has 3 aromatic rings. The van der Waals surface area contributed by atoms with Crippen LogP contribution in [0.3, 0.4) is 0 Å². The Hall–Kier alpha value is -3.19. The number of carbonyl (C=O) groups excluding carboxylic acids is 2. The lowest BCUT2D eigenvalue weighted by molar-refractivity contribution is -0.116. The molecule has 1 aliphatic heterocycles. The van der Waals surface area contributed by atoms with Crippen LogP contribution in [0.5, 0.6) is 0 Å². The summed E-state index contributed by atoms with van der Waals surface area (Å²) in [6.45, 7) is 4.50. The number of rotatable bonds is 8. The van der Waals surface area contributed by atoms with Crippen molar-refractivity contribution < 1.29 is 18.7 Å². The van der Waals surface area contributed by atoms with Gasteiger partial charge < -0.3 is 19.9 Å². The predicted octanol–water partition coefficient (Wildman–Crippen LogP) is 4.77. The standard InChI is InChI=1S/C26H30FN3O3/c1-2-33-26(32)25-24(21-17-20(27)8-9-22(21)28-25)29-23(31)12-15-30-13-10-19(11-14-30)16-18-6-4-3-5-7-18/h3-9,17,19,28H,2,10-16H2,1H3,(H,29,31). The normalized spacial score (nSPS) is 15.0. The average Bonchev–Trinajstić information content (AvgIpc) is 3.17. The van der Waals surface area contributed by atoms with Crippen molar-refractivity contribution in [2.45, 2.75) is 32.6 Å². The lowest BCUT2D eigenvalue weighted by Crippen LogP contribution is -2.36. The van der Waals surface area contributed by atoms with E-state index in [1.54, 1.807) is 13.0 Å². The molecule has 0 saturated carbocycles. The number of ether oxygens (including phenoxy) is 1. The second-order valence-corrected chi connectivity index (χ2v) is 8.56. The number of carbonyl (C=O) groups is 2. The molecule has 1 fully saturated rings. The molecule has 2 heterocycles. The molecule has 2 N–H and O–H groups in total. The van der Waals surface area contributed by atoms with Gasteiger partial charge in [-0.05, 0) is 69.0 Å². The molecule has 0 radical (unpaired) electrons. The first kappa shape index (κ1) is 23.0. The number of halogens is 1. The molecule has 0 bridgehead atoms. The van der Waals surface area contributed by atoms with E-state index in [9.17, 15) is 14.0 Å². The molecule has 33 heavy (non-hydrogen) atoms. The number of H-pyrrole nitrogens is 1. The topological polar surface area (TPSA) is 74.4 Å². The van der Waals surface area contributed by atoms with Crippen molar-refractivity contribution in [2.24, 2.45) is 5.92 Å². The van der Waals surface area contributed by atoms with Crippen LogP contribution in [-0.4, -0.2) is 48.0 Å². The van der Waals surface area contributed by atoms with Crippen molar-refractivity contribution in [1.29, 1.82) is 0 Å². The van der Waals surface area contributed by atoms with E-state index in [2.05, 4.69) is 39.5 Å². The largest absolute Gasteiger partial charge is 0.461 e. The summed E-state index contributed by atoms with van der Waals surface area (Å²) in [5.41, 5.74) is 2.35. The number of likely N-dealkylation sites (tertiary alicyclic amines) is 1. The molecule has 1 aliphatic rings. The van der Waals surface area contributed by atoms with Crippen molar-refractivity contribution >= 4 is 28.5 Å². The molecule has 0 unspecified atom stereocenters. The number of nitrogens with one attached hydrogen (secondary N) is 2. The van der Waals surface area contributed by atoms with Gasteiger partial charge in [-0.2, -0.15) is 0 Å². The minimum Gasteiger partial charge on any atom is -0.461 e. The zero-order chi connectivity index (χ0) is 23.2. The Morgan fingerprint density at radius 2 is 1.91 bits per heavy atom. The third-order valence-corrected chi connectivity index (χ3v) is 6.23. The van der Waals surface area contributed by atoms with Crippen LogP contribution in [0.4, 0.5) is 10.1 Å². The summed E-state index contributed by atoms with van der Waals surface area (Å²) >= 11 is 0. The number of esters is 1. The fourth-order valence-electron chi connectivity index (χ4n) is 4.47. The van der Waals surface area contributed by atoms with Gasteiger partial charge in [0.25, 0.3) is 0 Å². The van der Waals surface area contributed by atoms with Crippen molar-refractivity contribution in [3.05, 3.63) is 65.6 Å². The molecule has 174 valence electrons. The van der Waals surface area contributed by atoms with Crippen molar-refractivity contribution in [3.63, 3.8) is 0 Å². The zero-order valence-electron chi connectivity index (χ0n) is 18.9. The van der Waals surface area contributed by atoms with Gasteiger partial charge in [-0.1, -0.05) is 30.3 Å². The Balaban J connectivity index is 1.33. The molecule has 1 aromatic heterocycles. The van der Waals surface area contributed by atoms with Gasteiger partial charge in [-0.3, -0.25) is 4.79 Å². The molecular weight excluding hydrogens is 421 g/mol. The minimum atomic E-state index is -0.579. The number of benzene rings is 2. The SMILES string of the molecule is CCOC(=O)c1[nH]c2ccc(F)cc2c1NC(=O)CCN1CCC(Cc2ccccc2)CC1. The van der Waals surface area contributed by atoms with Crippen LogP contribution in [0, 0.1) is 11.7 Å². The summed E-state index contributed by atoms with van der Waals surface area (Å²) in [5.74, 6) is -0.557. The van der Waals surface area contributed by atoms with E-state index in [4.69, 9.17) is 4.74 Å². The number of anilines is 1. The summed E-state index contributed by atoms with van der Waals surface area (Å²) < 4.78 is 18.9. The van der Waals surface area contributed by atoms with Crippen LogP contribution >= 0.6 is 0 Å². The first-order valence-electron chi connectivity index (χ1n) is 11.6. The van der Waals surface area contributed by atoms with E-state index < -0.39 is 11.8 Å². The first-order chi connectivity index (χ1) is 16.0. The summed E-state index contributed by atoms with van der Waals surface area (Å²) in [4.78, 5) is 30.3. The first-order valence-corrected chi connectivity index (χ1v) is 11.6. The van der Waals surface area contributed by atoms with E-state index in [0.717, 1.165) is 32.4 Å². The molecule has 1 saturated heterocycles. The number of hydrogen-bond donors (Lipinski definition) is 2. The number of piperidine rings is 1. The van der Waals surface area contributed by atoms with Crippen molar-refractivity contribution in [3.8, 4) is 0 Å². The van der Waals surface area contributed by atoms with Crippen molar-refractivity contribution in [2.75, 3.05) is 31.6 Å². The number of hydrogen-bond acceptors (Lipinski definition) is 4. The number of amides is 1. The Labute approximate surface area is 193 Å². The van der Waals surface area contributed by atoms with Gasteiger partial charge in [0.1, 0.15) is 11.5 Å². The fourth-order valence-corrected chi connectivity index (χ4v) is 4.47. The highest BCUT2D eigenvalue weighted by Crippen LogP contribution is 2.29. The van der Waals surface area contributed by atoms with Crippen LogP contribution in [0.1, 0.15) is 42.2 Å². The summed E-state index contributed by atoms with van der Waals surface area (Å²) in [5, 5.41) is 3.27. The molecule has 7 heteroatoms. The third-order valence-electron chi connectivity index (χ3n) is 6.23. The maximum atomic E-state index is 13.8. The van der Waals surface area contributed by atoms with E-state index in [1.807, 2.05) is 6.07 Å². The van der Waals surface area contributed by atoms with E-state index in [1.165, 1.54) is 17.7 Å². The third kappa shape index (κ3) is 5.79. The van der Waals surface area contributed by atoms with Gasteiger partial charge in [-0.25, -0.2) is 9.18 Å². The second kappa shape index (κ2) is 10.6. The summed E-state index contributed by atoms with van der Waals surface area (Å²) in [6, 6.07) is 14.7. The maximum Gasteiger partial charge on any atom is 0.356 e. The molecule has 0 spiro atoms. The van der Waals surface area contributed by atoms with Crippen LogP contribution in [0.15, 0.2) is 48.5 Å². The Bertz CT molecular complexity index is 1100. The van der Waals surface area contributed by atoms with Gasteiger partial charge in [0, 0.05) is 23.9 Å². The lowest BCUT2D eigenvalue weighted by Gasteiger charge is -2.31. The maximum absolute atomic E-state index is 13.8. The minimum absolute atomic E-state index is 0.132. The average molecular weight is 452 g/mol. The number of nitrogens with zero attached hydrogens (tertiary/aromatic N) is 1. The molecule has 0 atom stereocenters. The smallest absolute Gasteiger partial charge is 0.356 e. The number of aromatic amines is 1. The van der Waals surface area contributed by atoms with Crippen LogP contribution in [0.25, 0.3) is 10.9 Å². The highest BCUT2D eigenvalue weighted by molar-refractivity contribution is 6.11. The van der Waals surface area contributed by atoms with Crippen LogP contribution in [-0.2, 0) is 16.0 Å². The highest BCUT2D eigenvalue weighted by Gasteiger charge is 2.23. The molecule has 0 aliphatic carbocycles. The fraction of sp³-hybridized carbons (Fsp3) is 0.385. The Morgan fingerprint density at radius 3 is 2.64 bits per heavy atom. The Morgan fingerprint density at radius 1 is 1.15 bits per heavy atom. The van der Waals surface area contributed by atoms with Gasteiger partial charge in [0.15, 0.2) is 0 Å². The highest BCUT2D eigenvalue weighted by atomic mass is 19.1. The van der Waals surface area contributed by atoms with E-state index in [0.29, 0.717) is 29.8 Å². The lowest BCUT2D eigenvalue weighted by atomic mass is 9.90. The van der Waals surface area contributed by atoms with Gasteiger partial charge in [0.05, 0.1) is 12.3 Å². The number of aromatic nitrogens is 1. The second-order valence-electron chi connectivity index (χ2n) is 8.56. The van der Waals surface area contributed by atoms with Gasteiger partial charge in [-0.15, -0.1) is 0 Å². The van der Waals surface area contributed by atoms with Crippen LogP contribution < -0.4 is 5.32 Å². The number of fused-ring (bicyclic) bond motifs is 1. The zero-order valence-corrected chi connectivity index (χ0v) is 18.9. The van der Waals surface area contributed by atoms with Gasteiger partial charge in [0.2, 0.25) is 5.91 Å². The van der Waals surface area contributed by atoms with Crippen molar-refractivity contribution in [1.82, 2.24) is 9.88 Å². The predicted molar refractivity (Wildman–Crippen MR) is 127 cm³/mol. The van der Waals surface area contributed by atoms with Crippen LogP contribution in [0.2, 0.25) is 0 Å². The molecule has 6 nitrogen and oxygen atoms in total.